The van der Waals surface area contributed by atoms with Gasteiger partial charge in [0.05, 0.1) is 13.2 Å². The predicted octanol–water partition coefficient (Wildman–Crippen LogP) is 1.08. The number of guanidine groups is 1. The number of nitrogens with one attached hydrogen (secondary N) is 2. The summed E-state index contributed by atoms with van der Waals surface area (Å²) in [5.74, 6) is 1.64. The van der Waals surface area contributed by atoms with Gasteiger partial charge in [-0.1, -0.05) is 13.8 Å². The maximum Gasteiger partial charge on any atom is 0.222 e. The number of hydrogen-bond acceptors (Lipinski definition) is 3. The van der Waals surface area contributed by atoms with Crippen LogP contribution in [0.5, 0.6) is 0 Å². The molecule has 1 aliphatic heterocycles. The quantitative estimate of drug-likeness (QED) is 0.400. The number of ether oxygens (including phenoxy) is 1. The Labute approximate surface area is 134 Å². The number of rotatable bonds is 8. The SMILES string of the molecule is CCNC(=NCCNC(=O)C(C)C)N1CCC(COCC)C1. The van der Waals surface area contributed by atoms with Crippen molar-refractivity contribution in [1.82, 2.24) is 15.5 Å². The van der Waals surface area contributed by atoms with Crippen LogP contribution in [-0.4, -0.2) is 62.7 Å². The molecule has 0 aromatic carbocycles. The second-order valence-electron chi connectivity index (χ2n) is 5.94. The predicted molar refractivity (Wildman–Crippen MR) is 90.0 cm³/mol. The third kappa shape index (κ3) is 6.64. The summed E-state index contributed by atoms with van der Waals surface area (Å²) in [6.07, 6.45) is 1.15. The van der Waals surface area contributed by atoms with E-state index in [0.29, 0.717) is 19.0 Å². The zero-order valence-electron chi connectivity index (χ0n) is 14.5. The van der Waals surface area contributed by atoms with Crippen molar-refractivity contribution in [3.8, 4) is 0 Å². The Bertz CT molecular complexity index is 358. The van der Waals surface area contributed by atoms with Gasteiger partial charge in [0.25, 0.3) is 0 Å². The molecule has 1 unspecified atom stereocenters. The van der Waals surface area contributed by atoms with Gasteiger partial charge in [0, 0.05) is 44.6 Å². The molecule has 6 nitrogen and oxygen atoms in total. The summed E-state index contributed by atoms with van der Waals surface area (Å²) in [4.78, 5) is 18.4. The molecule has 6 heteroatoms. The highest BCUT2D eigenvalue weighted by atomic mass is 16.5. The Kier molecular flexibility index (Phi) is 8.89. The van der Waals surface area contributed by atoms with Crippen LogP contribution in [-0.2, 0) is 9.53 Å². The monoisotopic (exact) mass is 312 g/mol. The number of nitrogens with zero attached hydrogens (tertiary/aromatic N) is 2. The van der Waals surface area contributed by atoms with Crippen LogP contribution in [0.1, 0.15) is 34.1 Å². The fourth-order valence-corrected chi connectivity index (χ4v) is 2.42. The smallest absolute Gasteiger partial charge is 0.222 e. The molecule has 0 spiro atoms. The summed E-state index contributed by atoms with van der Waals surface area (Å²) >= 11 is 0. The lowest BCUT2D eigenvalue weighted by atomic mass is 10.1. The molecule has 1 atom stereocenters. The lowest BCUT2D eigenvalue weighted by molar-refractivity contribution is -0.123. The van der Waals surface area contributed by atoms with Crippen molar-refractivity contribution in [2.75, 3.05) is 45.9 Å². The van der Waals surface area contributed by atoms with Gasteiger partial charge in [-0.2, -0.15) is 0 Å². The van der Waals surface area contributed by atoms with Gasteiger partial charge in [-0.3, -0.25) is 9.79 Å². The molecule has 0 radical (unpaired) electrons. The maximum absolute atomic E-state index is 11.5. The van der Waals surface area contributed by atoms with Crippen molar-refractivity contribution >= 4 is 11.9 Å². The van der Waals surface area contributed by atoms with E-state index in [4.69, 9.17) is 4.74 Å². The molecule has 1 saturated heterocycles. The number of amides is 1. The summed E-state index contributed by atoms with van der Waals surface area (Å²) in [5.41, 5.74) is 0. The van der Waals surface area contributed by atoms with Gasteiger partial charge in [-0.15, -0.1) is 0 Å². The zero-order chi connectivity index (χ0) is 16.4. The first-order valence-electron chi connectivity index (χ1n) is 8.47. The summed E-state index contributed by atoms with van der Waals surface area (Å²) in [6.45, 7) is 13.5. The summed E-state index contributed by atoms with van der Waals surface area (Å²) in [7, 11) is 0. The molecule has 1 rings (SSSR count). The van der Waals surface area contributed by atoms with E-state index in [2.05, 4.69) is 27.4 Å². The third-order valence-electron chi connectivity index (χ3n) is 3.67. The van der Waals surface area contributed by atoms with Crippen molar-refractivity contribution in [2.24, 2.45) is 16.8 Å². The van der Waals surface area contributed by atoms with Crippen LogP contribution in [0.15, 0.2) is 4.99 Å². The molecule has 0 aliphatic carbocycles. The number of carbonyl (C=O) groups is 1. The summed E-state index contributed by atoms with van der Waals surface area (Å²) < 4.78 is 5.52. The van der Waals surface area contributed by atoms with Crippen molar-refractivity contribution in [2.45, 2.75) is 34.1 Å². The van der Waals surface area contributed by atoms with Gasteiger partial charge in [0.2, 0.25) is 5.91 Å². The van der Waals surface area contributed by atoms with E-state index in [1.54, 1.807) is 0 Å². The van der Waals surface area contributed by atoms with Gasteiger partial charge in [-0.25, -0.2) is 0 Å². The average Bonchev–Trinajstić information content (AvgIpc) is 2.96. The van der Waals surface area contributed by atoms with Crippen LogP contribution < -0.4 is 10.6 Å². The van der Waals surface area contributed by atoms with Crippen molar-refractivity contribution in [3.05, 3.63) is 0 Å². The zero-order valence-corrected chi connectivity index (χ0v) is 14.5. The normalized spacial score (nSPS) is 18.9. The number of likely N-dealkylation sites (tertiary alicyclic amines) is 1. The molecule has 22 heavy (non-hydrogen) atoms. The molecule has 1 aliphatic rings. The molecule has 1 amide bonds. The van der Waals surface area contributed by atoms with Gasteiger partial charge in [-0.05, 0) is 20.3 Å². The van der Waals surface area contributed by atoms with E-state index in [1.807, 2.05) is 20.8 Å². The van der Waals surface area contributed by atoms with Crippen molar-refractivity contribution < 1.29 is 9.53 Å². The lowest BCUT2D eigenvalue weighted by Crippen LogP contribution is -2.41. The molecular formula is C16H32N4O2. The molecule has 0 bridgehead atoms. The molecule has 128 valence electrons. The fourth-order valence-electron chi connectivity index (χ4n) is 2.42. The van der Waals surface area contributed by atoms with Gasteiger partial charge in [0.15, 0.2) is 5.96 Å². The minimum atomic E-state index is 0.0233. The summed E-state index contributed by atoms with van der Waals surface area (Å²) in [5, 5.41) is 6.23. The highest BCUT2D eigenvalue weighted by Gasteiger charge is 2.24. The Morgan fingerprint density at radius 1 is 1.36 bits per heavy atom. The molecule has 0 saturated carbocycles. The Morgan fingerprint density at radius 3 is 2.77 bits per heavy atom. The largest absolute Gasteiger partial charge is 0.381 e. The first kappa shape index (κ1) is 18.7. The maximum atomic E-state index is 11.5. The van der Waals surface area contributed by atoms with E-state index >= 15 is 0 Å². The van der Waals surface area contributed by atoms with Crippen molar-refractivity contribution in [1.29, 1.82) is 0 Å². The summed E-state index contributed by atoms with van der Waals surface area (Å²) in [6, 6.07) is 0. The Balaban J connectivity index is 2.41. The average molecular weight is 312 g/mol. The Morgan fingerprint density at radius 2 is 2.14 bits per heavy atom. The minimum Gasteiger partial charge on any atom is -0.381 e. The minimum absolute atomic E-state index is 0.0233. The van der Waals surface area contributed by atoms with E-state index in [-0.39, 0.29) is 11.8 Å². The second kappa shape index (κ2) is 10.4. The molecule has 1 heterocycles. The first-order chi connectivity index (χ1) is 10.6. The first-order valence-corrected chi connectivity index (χ1v) is 8.47. The molecular weight excluding hydrogens is 280 g/mol. The number of hydrogen-bond donors (Lipinski definition) is 2. The van der Waals surface area contributed by atoms with Crippen LogP contribution >= 0.6 is 0 Å². The van der Waals surface area contributed by atoms with Crippen LogP contribution in [0.3, 0.4) is 0 Å². The van der Waals surface area contributed by atoms with Gasteiger partial charge < -0.3 is 20.3 Å². The van der Waals surface area contributed by atoms with Crippen LogP contribution in [0, 0.1) is 11.8 Å². The number of aliphatic imine (C=N–C) groups is 1. The highest BCUT2D eigenvalue weighted by Crippen LogP contribution is 2.16. The van der Waals surface area contributed by atoms with E-state index < -0.39 is 0 Å². The van der Waals surface area contributed by atoms with E-state index in [9.17, 15) is 4.79 Å². The fraction of sp³-hybridized carbons (Fsp3) is 0.875. The standard InChI is InChI=1S/C16H32N4O2/c1-5-17-16(19-9-8-18-15(21)13(3)4)20-10-7-14(11-20)12-22-6-2/h13-14H,5-12H2,1-4H3,(H,17,19)(H,18,21). The van der Waals surface area contributed by atoms with Gasteiger partial charge >= 0.3 is 0 Å². The van der Waals surface area contributed by atoms with Gasteiger partial charge in [0.1, 0.15) is 0 Å². The highest BCUT2D eigenvalue weighted by molar-refractivity contribution is 5.80. The van der Waals surface area contributed by atoms with E-state index in [1.165, 1.54) is 0 Å². The van der Waals surface area contributed by atoms with Crippen LogP contribution in [0.4, 0.5) is 0 Å². The molecule has 2 N–H and O–H groups in total. The second-order valence-corrected chi connectivity index (χ2v) is 5.94. The van der Waals surface area contributed by atoms with Crippen LogP contribution in [0.2, 0.25) is 0 Å². The van der Waals surface area contributed by atoms with Crippen LogP contribution in [0.25, 0.3) is 0 Å². The van der Waals surface area contributed by atoms with Crippen molar-refractivity contribution in [3.63, 3.8) is 0 Å². The number of carbonyl (C=O) groups excluding carboxylic acids is 1. The molecule has 0 aromatic rings. The third-order valence-corrected chi connectivity index (χ3v) is 3.67. The van der Waals surface area contributed by atoms with E-state index in [0.717, 1.165) is 45.2 Å². The molecule has 1 fully saturated rings. The lowest BCUT2D eigenvalue weighted by Gasteiger charge is -2.21. The topological polar surface area (TPSA) is 66.0 Å². The molecule has 0 aromatic heterocycles. The Hall–Kier alpha value is -1.30.